The van der Waals surface area contributed by atoms with Crippen LogP contribution in [-0.4, -0.2) is 20.9 Å². The summed E-state index contributed by atoms with van der Waals surface area (Å²) < 4.78 is 1.81. The summed E-state index contributed by atoms with van der Waals surface area (Å²) >= 11 is 6.29. The first-order valence-electron chi connectivity index (χ1n) is 10.3. The van der Waals surface area contributed by atoms with Crippen LogP contribution in [0.2, 0.25) is 5.15 Å². The van der Waals surface area contributed by atoms with E-state index in [1.54, 1.807) is 10.7 Å². The fraction of sp³-hybridized carbons (Fsp3) is 0.0385. The van der Waals surface area contributed by atoms with Crippen LogP contribution in [0.5, 0.6) is 0 Å². The molecule has 0 saturated carbocycles. The van der Waals surface area contributed by atoms with Gasteiger partial charge in [0, 0.05) is 12.3 Å². The van der Waals surface area contributed by atoms with Gasteiger partial charge >= 0.3 is 0 Å². The summed E-state index contributed by atoms with van der Waals surface area (Å²) in [5, 5.41) is 19.3. The third-order valence-corrected chi connectivity index (χ3v) is 5.85. The lowest BCUT2D eigenvalue weighted by atomic mass is 9.77. The molecule has 7 heteroatoms. The standard InChI is InChI=1S/C26H19ClN4O2/c27-23-16-22-21(17-28-23)24(29-25(32)33)30-31(22)26(18-10-4-1-5-11-18,19-12-6-2-7-13-19)20-14-8-3-9-15-20/h1-17H,(H,29,30)(H,32,33)/p-1. The Labute approximate surface area is 195 Å². The molecular weight excluding hydrogens is 436 g/mol. The first kappa shape index (κ1) is 20.7. The molecule has 1 amide bonds. The van der Waals surface area contributed by atoms with Crippen LogP contribution in [0.4, 0.5) is 10.6 Å². The monoisotopic (exact) mass is 453 g/mol. The molecule has 0 aliphatic carbocycles. The van der Waals surface area contributed by atoms with Gasteiger partial charge in [-0.25, -0.2) is 9.67 Å². The number of carbonyl (C=O) groups excluding carboxylic acids is 1. The molecule has 3 aromatic carbocycles. The number of halogens is 1. The van der Waals surface area contributed by atoms with E-state index in [-0.39, 0.29) is 11.0 Å². The Kier molecular flexibility index (Phi) is 5.28. The van der Waals surface area contributed by atoms with Gasteiger partial charge in [-0.05, 0) is 16.7 Å². The number of anilines is 1. The summed E-state index contributed by atoms with van der Waals surface area (Å²) in [6.45, 7) is 0. The highest BCUT2D eigenvalue weighted by Crippen LogP contribution is 2.43. The Morgan fingerprint density at radius 3 is 1.79 bits per heavy atom. The van der Waals surface area contributed by atoms with Gasteiger partial charge in [-0.3, -0.25) is 0 Å². The largest absolute Gasteiger partial charge is 0.530 e. The second-order valence-corrected chi connectivity index (χ2v) is 7.89. The zero-order valence-corrected chi connectivity index (χ0v) is 18.1. The highest BCUT2D eigenvalue weighted by Gasteiger charge is 2.41. The Morgan fingerprint density at radius 2 is 1.33 bits per heavy atom. The van der Waals surface area contributed by atoms with Crippen molar-refractivity contribution in [3.8, 4) is 0 Å². The summed E-state index contributed by atoms with van der Waals surface area (Å²) in [6.07, 6.45) is 0.0549. The van der Waals surface area contributed by atoms with E-state index in [4.69, 9.17) is 16.7 Å². The normalized spacial score (nSPS) is 11.4. The maximum absolute atomic E-state index is 11.4. The molecule has 0 spiro atoms. The second-order valence-electron chi connectivity index (χ2n) is 7.51. The molecule has 2 aromatic heterocycles. The lowest BCUT2D eigenvalue weighted by Crippen LogP contribution is -2.38. The molecule has 0 aliphatic heterocycles. The van der Waals surface area contributed by atoms with E-state index in [1.807, 2.05) is 91.0 Å². The van der Waals surface area contributed by atoms with E-state index in [0.29, 0.717) is 10.9 Å². The molecule has 33 heavy (non-hydrogen) atoms. The van der Waals surface area contributed by atoms with Crippen molar-refractivity contribution in [1.29, 1.82) is 0 Å². The molecule has 5 aromatic rings. The van der Waals surface area contributed by atoms with Crippen LogP contribution >= 0.6 is 11.6 Å². The van der Waals surface area contributed by atoms with Gasteiger partial charge in [0.1, 0.15) is 16.8 Å². The van der Waals surface area contributed by atoms with Crippen molar-refractivity contribution < 1.29 is 9.90 Å². The molecule has 162 valence electrons. The highest BCUT2D eigenvalue weighted by molar-refractivity contribution is 6.30. The minimum atomic E-state index is -1.46. The van der Waals surface area contributed by atoms with Gasteiger partial charge in [0.05, 0.1) is 10.9 Å². The van der Waals surface area contributed by atoms with E-state index in [1.165, 1.54) is 6.20 Å². The fourth-order valence-electron chi connectivity index (χ4n) is 4.34. The predicted molar refractivity (Wildman–Crippen MR) is 126 cm³/mol. The van der Waals surface area contributed by atoms with Gasteiger partial charge in [-0.1, -0.05) is 103 Å². The fourth-order valence-corrected chi connectivity index (χ4v) is 4.49. The lowest BCUT2D eigenvalue weighted by Gasteiger charge is -2.37. The van der Waals surface area contributed by atoms with E-state index in [9.17, 15) is 9.90 Å². The summed E-state index contributed by atoms with van der Waals surface area (Å²) in [7, 11) is 0. The molecular formula is C26H18ClN4O2-. The third kappa shape index (κ3) is 3.50. The number of benzene rings is 3. The number of amides is 1. The van der Waals surface area contributed by atoms with Crippen molar-refractivity contribution in [2.24, 2.45) is 0 Å². The Hall–Kier alpha value is -4.16. The van der Waals surface area contributed by atoms with Crippen LogP contribution in [0, 0.1) is 0 Å². The number of fused-ring (bicyclic) bond motifs is 1. The molecule has 0 atom stereocenters. The number of pyridine rings is 1. The molecule has 0 fully saturated rings. The summed E-state index contributed by atoms with van der Waals surface area (Å²) in [6, 6.07) is 31.5. The molecule has 0 aliphatic rings. The molecule has 0 saturated heterocycles. The second kappa shape index (κ2) is 8.41. The number of hydrogen-bond acceptors (Lipinski definition) is 4. The molecule has 1 N–H and O–H groups in total. The van der Waals surface area contributed by atoms with Crippen molar-refractivity contribution in [1.82, 2.24) is 14.8 Å². The van der Waals surface area contributed by atoms with Crippen LogP contribution in [0.1, 0.15) is 16.7 Å². The SMILES string of the molecule is O=C([O-])Nc1nn(C(c2ccccc2)(c2ccccc2)c2ccccc2)c2cc(Cl)ncc12. The van der Waals surface area contributed by atoms with Gasteiger partial charge in [0.2, 0.25) is 0 Å². The van der Waals surface area contributed by atoms with Gasteiger partial charge in [0.15, 0.2) is 5.82 Å². The van der Waals surface area contributed by atoms with Crippen molar-refractivity contribution in [2.75, 3.05) is 5.32 Å². The summed E-state index contributed by atoms with van der Waals surface area (Å²) in [5.41, 5.74) is 2.52. The van der Waals surface area contributed by atoms with Crippen LogP contribution in [0.25, 0.3) is 10.9 Å². The Balaban J connectivity index is 1.97. The van der Waals surface area contributed by atoms with E-state index >= 15 is 0 Å². The topological polar surface area (TPSA) is 82.9 Å². The number of nitrogens with zero attached hydrogens (tertiary/aromatic N) is 3. The van der Waals surface area contributed by atoms with Crippen LogP contribution in [-0.2, 0) is 5.54 Å². The van der Waals surface area contributed by atoms with Gasteiger partial charge in [-0.15, -0.1) is 0 Å². The number of nitrogens with one attached hydrogen (secondary N) is 1. The average Bonchev–Trinajstić information content (AvgIpc) is 3.18. The van der Waals surface area contributed by atoms with E-state index in [0.717, 1.165) is 16.7 Å². The zero-order chi connectivity index (χ0) is 22.8. The average molecular weight is 454 g/mol. The summed E-state index contributed by atoms with van der Waals surface area (Å²) in [4.78, 5) is 15.6. The van der Waals surface area contributed by atoms with Crippen LogP contribution in [0.15, 0.2) is 103 Å². The van der Waals surface area contributed by atoms with Gasteiger partial charge in [-0.2, -0.15) is 5.10 Å². The maximum atomic E-state index is 11.4. The number of hydrogen-bond donors (Lipinski definition) is 1. The van der Waals surface area contributed by atoms with Crippen LogP contribution < -0.4 is 10.4 Å². The lowest BCUT2D eigenvalue weighted by molar-refractivity contribution is -0.242. The molecule has 2 heterocycles. The van der Waals surface area contributed by atoms with Gasteiger partial charge < -0.3 is 15.2 Å². The maximum Gasteiger partial charge on any atom is 0.162 e. The van der Waals surface area contributed by atoms with Crippen LogP contribution in [0.3, 0.4) is 0 Å². The number of carboxylic acid groups (broad SMARTS) is 1. The van der Waals surface area contributed by atoms with Crippen molar-refractivity contribution in [3.05, 3.63) is 125 Å². The van der Waals surface area contributed by atoms with E-state index in [2.05, 4.69) is 10.3 Å². The molecule has 5 rings (SSSR count). The number of rotatable bonds is 5. The predicted octanol–water partition coefficient (Wildman–Crippen LogP) is 4.68. The molecule has 0 bridgehead atoms. The number of aromatic nitrogens is 3. The van der Waals surface area contributed by atoms with Crippen molar-refractivity contribution >= 4 is 34.4 Å². The smallest absolute Gasteiger partial charge is 0.162 e. The molecule has 0 unspecified atom stereocenters. The zero-order valence-electron chi connectivity index (χ0n) is 17.4. The molecule has 6 nitrogen and oxygen atoms in total. The van der Waals surface area contributed by atoms with Gasteiger partial charge in [0.25, 0.3) is 0 Å². The Bertz CT molecular complexity index is 1320. The minimum absolute atomic E-state index is 0.126. The highest BCUT2D eigenvalue weighted by atomic mass is 35.5. The third-order valence-electron chi connectivity index (χ3n) is 5.64. The summed E-state index contributed by atoms with van der Waals surface area (Å²) in [5.74, 6) is 0.126. The van der Waals surface area contributed by atoms with Crippen molar-refractivity contribution in [2.45, 2.75) is 5.54 Å². The molecule has 0 radical (unpaired) electrons. The van der Waals surface area contributed by atoms with Crippen molar-refractivity contribution in [3.63, 3.8) is 0 Å². The quantitative estimate of drug-likeness (QED) is 0.309. The Morgan fingerprint density at radius 1 is 0.848 bits per heavy atom. The first-order valence-corrected chi connectivity index (χ1v) is 10.7. The first-order chi connectivity index (χ1) is 16.1. The minimum Gasteiger partial charge on any atom is -0.530 e. The van der Waals surface area contributed by atoms with E-state index < -0.39 is 11.6 Å². The number of carbonyl (C=O) groups is 1.